The molecule has 2 saturated carbocycles. The topological polar surface area (TPSA) is 0 Å². The van der Waals surface area contributed by atoms with E-state index in [9.17, 15) is 0 Å². The molecule has 0 saturated heterocycles. The van der Waals surface area contributed by atoms with Crippen LogP contribution in [-0.4, -0.2) is 0 Å². The summed E-state index contributed by atoms with van der Waals surface area (Å²) in [5, 5.41) is 0. The minimum atomic E-state index is 1.03. The Labute approximate surface area is 109 Å². The van der Waals surface area contributed by atoms with Gasteiger partial charge in [0.25, 0.3) is 0 Å². The first kappa shape index (κ1) is 13.4. The van der Waals surface area contributed by atoms with Crippen LogP contribution in [0.25, 0.3) is 0 Å². The molecule has 0 aromatic rings. The van der Waals surface area contributed by atoms with Crippen LogP contribution in [0.4, 0.5) is 0 Å². The van der Waals surface area contributed by atoms with Gasteiger partial charge in [0.15, 0.2) is 0 Å². The average Bonchev–Trinajstić information content (AvgIpc) is 3.08. The van der Waals surface area contributed by atoms with Crippen LogP contribution in [-0.2, 0) is 0 Å². The van der Waals surface area contributed by atoms with Gasteiger partial charge < -0.3 is 0 Å². The Hall–Kier alpha value is 0. The van der Waals surface area contributed by atoms with Crippen molar-refractivity contribution < 1.29 is 0 Å². The van der Waals surface area contributed by atoms with E-state index in [0.717, 1.165) is 17.8 Å². The zero-order chi connectivity index (χ0) is 11.9. The van der Waals surface area contributed by atoms with Crippen LogP contribution in [0.5, 0.6) is 0 Å². The van der Waals surface area contributed by atoms with Crippen LogP contribution in [0.3, 0.4) is 0 Å². The predicted molar refractivity (Wildman–Crippen MR) is 76.2 cm³/mol. The molecule has 3 atom stereocenters. The van der Waals surface area contributed by atoms with Gasteiger partial charge in [-0.3, -0.25) is 0 Å². The lowest BCUT2D eigenvalue weighted by molar-refractivity contribution is 0.409. The van der Waals surface area contributed by atoms with E-state index in [1.54, 1.807) is 12.8 Å². The highest BCUT2D eigenvalue weighted by Gasteiger charge is 2.39. The van der Waals surface area contributed by atoms with Gasteiger partial charge in [-0.2, -0.15) is 0 Å². The molecule has 0 amide bonds. The van der Waals surface area contributed by atoms with E-state index in [-0.39, 0.29) is 0 Å². The number of hydrogen-bond donors (Lipinski definition) is 0. The van der Waals surface area contributed by atoms with Crippen molar-refractivity contribution in [3.05, 3.63) is 0 Å². The molecule has 0 aromatic carbocycles. The van der Waals surface area contributed by atoms with Gasteiger partial charge in [-0.1, -0.05) is 84.0 Å². The summed E-state index contributed by atoms with van der Waals surface area (Å²) < 4.78 is 0. The molecule has 0 aromatic heterocycles. The van der Waals surface area contributed by atoms with Crippen molar-refractivity contribution in [1.29, 1.82) is 0 Å². The van der Waals surface area contributed by atoms with Crippen molar-refractivity contribution in [2.75, 3.05) is 0 Å². The summed E-state index contributed by atoms with van der Waals surface area (Å²) in [6, 6.07) is 0. The number of hydrogen-bond acceptors (Lipinski definition) is 0. The third-order valence-corrected chi connectivity index (χ3v) is 5.19. The maximum Gasteiger partial charge on any atom is -0.0357 e. The molecule has 0 heteroatoms. The number of rotatable bonds is 0. The summed E-state index contributed by atoms with van der Waals surface area (Å²) in [7, 11) is 0. The van der Waals surface area contributed by atoms with Gasteiger partial charge in [0.05, 0.1) is 0 Å². The lowest BCUT2D eigenvalue weighted by Gasteiger charge is -2.10. The Morgan fingerprint density at radius 3 is 1.65 bits per heavy atom. The zero-order valence-corrected chi connectivity index (χ0v) is 11.9. The third-order valence-electron chi connectivity index (χ3n) is 5.19. The highest BCUT2D eigenvalue weighted by Crippen LogP contribution is 2.48. The monoisotopic (exact) mass is 236 g/mol. The Morgan fingerprint density at radius 1 is 0.588 bits per heavy atom. The minimum absolute atomic E-state index is 1.03. The van der Waals surface area contributed by atoms with Crippen molar-refractivity contribution in [3.8, 4) is 0 Å². The smallest absolute Gasteiger partial charge is 0.0357 e. The summed E-state index contributed by atoms with van der Waals surface area (Å²) in [6.45, 7) is 2.52. The van der Waals surface area contributed by atoms with Gasteiger partial charge in [-0.15, -0.1) is 0 Å². The first-order valence-corrected chi connectivity index (χ1v) is 8.38. The lowest BCUT2D eigenvalue weighted by Crippen LogP contribution is -1.99. The third kappa shape index (κ3) is 5.02. The molecule has 2 aliphatic carbocycles. The molecular weight excluding hydrogens is 204 g/mol. The Balaban J connectivity index is 1.67. The van der Waals surface area contributed by atoms with E-state index in [0.29, 0.717) is 0 Å². The van der Waals surface area contributed by atoms with Gasteiger partial charge in [0.1, 0.15) is 0 Å². The second kappa shape index (κ2) is 7.44. The maximum absolute atomic E-state index is 2.52. The van der Waals surface area contributed by atoms with E-state index in [2.05, 4.69) is 6.92 Å². The van der Waals surface area contributed by atoms with Crippen LogP contribution in [0.2, 0.25) is 0 Å². The fourth-order valence-corrected chi connectivity index (χ4v) is 3.80. The van der Waals surface area contributed by atoms with Crippen molar-refractivity contribution in [1.82, 2.24) is 0 Å². The molecule has 100 valence electrons. The van der Waals surface area contributed by atoms with Gasteiger partial charge in [-0.25, -0.2) is 0 Å². The highest BCUT2D eigenvalue weighted by atomic mass is 14.4. The van der Waals surface area contributed by atoms with Crippen molar-refractivity contribution in [2.45, 2.75) is 90.4 Å². The molecule has 0 nitrogen and oxygen atoms in total. The fourth-order valence-electron chi connectivity index (χ4n) is 3.80. The summed E-state index contributed by atoms with van der Waals surface area (Å²) >= 11 is 0. The van der Waals surface area contributed by atoms with Crippen LogP contribution in [0.1, 0.15) is 90.4 Å². The number of fused-ring (bicyclic) bond motifs is 1. The summed E-state index contributed by atoms with van der Waals surface area (Å²) in [5.74, 6) is 3.29. The molecule has 2 rings (SSSR count). The normalized spacial score (nSPS) is 37.6. The van der Waals surface area contributed by atoms with Gasteiger partial charge >= 0.3 is 0 Å². The Kier molecular flexibility index (Phi) is 5.88. The van der Waals surface area contributed by atoms with Gasteiger partial charge in [-0.05, 0) is 24.2 Å². The van der Waals surface area contributed by atoms with E-state index in [1.165, 1.54) is 70.6 Å². The van der Waals surface area contributed by atoms with E-state index in [1.807, 2.05) is 0 Å². The molecule has 0 spiro atoms. The molecular formula is C17H32. The lowest BCUT2D eigenvalue weighted by atomic mass is 9.95. The minimum Gasteiger partial charge on any atom is -0.0622 e. The predicted octanol–water partition coefficient (Wildman–Crippen LogP) is 5.95. The maximum atomic E-state index is 2.52. The summed E-state index contributed by atoms with van der Waals surface area (Å²) in [5.41, 5.74) is 0. The highest BCUT2D eigenvalue weighted by molar-refractivity contribution is 4.89. The zero-order valence-electron chi connectivity index (χ0n) is 11.9. The molecule has 3 unspecified atom stereocenters. The summed E-state index contributed by atoms with van der Waals surface area (Å²) in [6.07, 6.45) is 19.7. The SMILES string of the molecule is CC1CCCCCCCCCCCCC2CC12. The second-order valence-corrected chi connectivity index (χ2v) is 6.75. The first-order chi connectivity index (χ1) is 8.38. The van der Waals surface area contributed by atoms with Crippen molar-refractivity contribution in [2.24, 2.45) is 17.8 Å². The van der Waals surface area contributed by atoms with E-state index < -0.39 is 0 Å². The molecule has 0 bridgehead atoms. The largest absolute Gasteiger partial charge is 0.0622 e. The van der Waals surface area contributed by atoms with Gasteiger partial charge in [0.2, 0.25) is 0 Å². The standard InChI is InChI=1S/C17H32/c1-15-12-10-8-6-4-2-3-5-7-9-11-13-16-14-17(15)16/h15-17H,2-14H2,1H3. The van der Waals surface area contributed by atoms with Crippen LogP contribution in [0, 0.1) is 17.8 Å². The Bertz CT molecular complexity index is 196. The molecule has 2 fully saturated rings. The molecule has 2 aliphatic rings. The van der Waals surface area contributed by atoms with Crippen LogP contribution < -0.4 is 0 Å². The van der Waals surface area contributed by atoms with Crippen molar-refractivity contribution >= 4 is 0 Å². The van der Waals surface area contributed by atoms with Crippen LogP contribution >= 0.6 is 0 Å². The Morgan fingerprint density at radius 2 is 1.06 bits per heavy atom. The van der Waals surface area contributed by atoms with Crippen LogP contribution in [0.15, 0.2) is 0 Å². The van der Waals surface area contributed by atoms with E-state index >= 15 is 0 Å². The average molecular weight is 236 g/mol. The van der Waals surface area contributed by atoms with E-state index in [4.69, 9.17) is 0 Å². The molecule has 0 radical (unpaired) electrons. The van der Waals surface area contributed by atoms with Gasteiger partial charge in [0, 0.05) is 0 Å². The molecule has 17 heavy (non-hydrogen) atoms. The molecule has 0 N–H and O–H groups in total. The quantitative estimate of drug-likeness (QED) is 0.487. The molecule has 0 aliphatic heterocycles. The van der Waals surface area contributed by atoms with Crippen molar-refractivity contribution in [3.63, 3.8) is 0 Å². The first-order valence-electron chi connectivity index (χ1n) is 8.38. The molecule has 0 heterocycles. The second-order valence-electron chi connectivity index (χ2n) is 6.75. The summed E-state index contributed by atoms with van der Waals surface area (Å²) in [4.78, 5) is 0. The fraction of sp³-hybridized carbons (Fsp3) is 1.00.